The molecule has 292 valence electrons. The molecule has 5 aromatic rings. The number of benzene rings is 3. The Hall–Kier alpha value is -4.09. The molecule has 0 atom stereocenters. The van der Waals surface area contributed by atoms with Gasteiger partial charge in [0.2, 0.25) is 0 Å². The zero-order chi connectivity index (χ0) is 38.5. The van der Waals surface area contributed by atoms with Crippen LogP contribution >= 0.6 is 35.3 Å². The number of aromatic amines is 1. The SMILES string of the molecule is CC1(C)CCC(CN2CCN(c3ccc(C(=O)NSc4ccc(NCC5CCSCC5)cc4)c(Oc4cnc5[nH]ccc5c4)c3)CC2)=C(c2ccc(Cl)cc2)C1. The molecule has 1 aliphatic carbocycles. The summed E-state index contributed by atoms with van der Waals surface area (Å²) in [5, 5.41) is 5.32. The topological polar surface area (TPSA) is 85.5 Å². The van der Waals surface area contributed by atoms with Crippen molar-refractivity contribution in [1.82, 2.24) is 19.6 Å². The fourth-order valence-corrected chi connectivity index (χ4v) is 9.92. The van der Waals surface area contributed by atoms with E-state index in [0.29, 0.717) is 22.5 Å². The lowest BCUT2D eigenvalue weighted by molar-refractivity contribution is 0.0982. The minimum atomic E-state index is -0.213. The molecule has 2 fully saturated rings. The van der Waals surface area contributed by atoms with Gasteiger partial charge in [0.25, 0.3) is 5.91 Å². The number of halogens is 1. The molecule has 3 aromatic carbocycles. The number of allylic oxidation sites excluding steroid dienone is 1. The predicted octanol–water partition coefficient (Wildman–Crippen LogP) is 10.8. The maximum absolute atomic E-state index is 13.8. The molecule has 0 bridgehead atoms. The van der Waals surface area contributed by atoms with Crippen LogP contribution in [-0.4, -0.2) is 71.5 Å². The first-order valence-electron chi connectivity index (χ1n) is 19.8. The number of nitrogens with one attached hydrogen (secondary N) is 3. The number of carbonyl (C=O) groups is 1. The van der Waals surface area contributed by atoms with Crippen LogP contribution in [-0.2, 0) is 0 Å². The summed E-state index contributed by atoms with van der Waals surface area (Å²) in [5.74, 6) is 4.13. The van der Waals surface area contributed by atoms with Crippen LogP contribution in [0.15, 0.2) is 102 Å². The molecule has 3 N–H and O–H groups in total. The maximum Gasteiger partial charge on any atom is 0.265 e. The summed E-state index contributed by atoms with van der Waals surface area (Å²) in [5.41, 5.74) is 8.04. The first-order valence-corrected chi connectivity index (χ1v) is 22.2. The average Bonchev–Trinajstić information content (AvgIpc) is 3.69. The van der Waals surface area contributed by atoms with E-state index >= 15 is 0 Å². The smallest absolute Gasteiger partial charge is 0.265 e. The molecule has 2 aliphatic heterocycles. The summed E-state index contributed by atoms with van der Waals surface area (Å²) in [6, 6.07) is 26.5. The largest absolute Gasteiger partial charge is 0.455 e. The highest BCUT2D eigenvalue weighted by atomic mass is 35.5. The third kappa shape index (κ3) is 9.71. The molecule has 1 amide bonds. The highest BCUT2D eigenvalue weighted by Gasteiger charge is 2.29. The first-order chi connectivity index (χ1) is 27.2. The Labute approximate surface area is 344 Å². The Morgan fingerprint density at radius 2 is 1.79 bits per heavy atom. The Kier molecular flexibility index (Phi) is 12.2. The summed E-state index contributed by atoms with van der Waals surface area (Å²) in [6.07, 6.45) is 9.53. The van der Waals surface area contributed by atoms with Gasteiger partial charge in [0.05, 0.1) is 11.8 Å². The number of piperazine rings is 1. The summed E-state index contributed by atoms with van der Waals surface area (Å²) in [7, 11) is 0. The van der Waals surface area contributed by atoms with Crippen molar-refractivity contribution in [3.8, 4) is 11.5 Å². The second kappa shape index (κ2) is 17.6. The number of fused-ring (bicyclic) bond motifs is 1. The van der Waals surface area contributed by atoms with E-state index in [4.69, 9.17) is 16.3 Å². The number of ether oxygens (including phenoxy) is 1. The highest BCUT2D eigenvalue weighted by Crippen LogP contribution is 2.43. The number of thioether (sulfide) groups is 1. The fraction of sp³-hybridized carbons (Fsp3) is 0.378. The number of pyridine rings is 1. The Bertz CT molecular complexity index is 2160. The number of aromatic nitrogens is 2. The van der Waals surface area contributed by atoms with Crippen LogP contribution in [0.4, 0.5) is 11.4 Å². The number of anilines is 2. The van der Waals surface area contributed by atoms with Crippen molar-refractivity contribution in [1.29, 1.82) is 0 Å². The van der Waals surface area contributed by atoms with Crippen molar-refractivity contribution in [2.75, 3.05) is 61.0 Å². The number of H-pyrrole nitrogens is 1. The fourth-order valence-electron chi connectivity index (χ4n) is 7.99. The zero-order valence-corrected chi connectivity index (χ0v) is 34.7. The molecule has 0 unspecified atom stereocenters. The van der Waals surface area contributed by atoms with Crippen LogP contribution in [0.1, 0.15) is 61.9 Å². The van der Waals surface area contributed by atoms with Gasteiger partial charge in [0.15, 0.2) is 0 Å². The van der Waals surface area contributed by atoms with Crippen LogP contribution in [0.25, 0.3) is 16.6 Å². The van der Waals surface area contributed by atoms with E-state index in [1.54, 1.807) is 11.8 Å². The van der Waals surface area contributed by atoms with Gasteiger partial charge < -0.3 is 19.9 Å². The monoisotopic (exact) mass is 806 g/mol. The van der Waals surface area contributed by atoms with Gasteiger partial charge in [-0.25, -0.2) is 4.98 Å². The number of hydrogen-bond acceptors (Lipinski definition) is 8. The maximum atomic E-state index is 13.8. The van der Waals surface area contributed by atoms with Crippen LogP contribution in [0.3, 0.4) is 0 Å². The molecule has 56 heavy (non-hydrogen) atoms. The zero-order valence-electron chi connectivity index (χ0n) is 32.3. The summed E-state index contributed by atoms with van der Waals surface area (Å²) < 4.78 is 9.54. The summed E-state index contributed by atoms with van der Waals surface area (Å²) >= 11 is 9.63. The number of nitrogens with zero attached hydrogens (tertiary/aromatic N) is 3. The van der Waals surface area contributed by atoms with E-state index in [1.165, 1.54) is 53.9 Å². The summed E-state index contributed by atoms with van der Waals surface area (Å²) in [4.78, 5) is 27.4. The van der Waals surface area contributed by atoms with Crippen molar-refractivity contribution in [3.63, 3.8) is 0 Å². The van der Waals surface area contributed by atoms with Crippen molar-refractivity contribution >= 4 is 69.2 Å². The number of hydrogen-bond donors (Lipinski definition) is 3. The molecular weight excluding hydrogens is 756 g/mol. The number of amides is 1. The molecule has 2 aromatic heterocycles. The van der Waals surface area contributed by atoms with E-state index < -0.39 is 0 Å². The Morgan fingerprint density at radius 3 is 2.57 bits per heavy atom. The number of carbonyl (C=O) groups excluding carboxylic acids is 1. The van der Waals surface area contributed by atoms with Gasteiger partial charge in [-0.15, -0.1) is 0 Å². The minimum absolute atomic E-state index is 0.213. The van der Waals surface area contributed by atoms with Gasteiger partial charge in [0, 0.05) is 78.2 Å². The van der Waals surface area contributed by atoms with E-state index in [1.807, 2.05) is 60.8 Å². The minimum Gasteiger partial charge on any atom is -0.455 e. The van der Waals surface area contributed by atoms with Gasteiger partial charge in [-0.1, -0.05) is 43.2 Å². The molecule has 4 heterocycles. The second-order valence-electron chi connectivity index (χ2n) is 16.1. The van der Waals surface area contributed by atoms with Crippen molar-refractivity contribution in [2.45, 2.75) is 50.8 Å². The van der Waals surface area contributed by atoms with Crippen molar-refractivity contribution < 1.29 is 9.53 Å². The van der Waals surface area contributed by atoms with Gasteiger partial charge >= 0.3 is 0 Å². The molecule has 8 rings (SSSR count). The Balaban J connectivity index is 0.942. The van der Waals surface area contributed by atoms with E-state index in [2.05, 4.69) is 79.7 Å². The van der Waals surface area contributed by atoms with Crippen LogP contribution in [0.5, 0.6) is 11.5 Å². The molecule has 0 radical (unpaired) electrons. The molecule has 2 saturated heterocycles. The van der Waals surface area contributed by atoms with Gasteiger partial charge in [-0.05, 0) is 139 Å². The first kappa shape index (κ1) is 38.8. The standard InChI is InChI=1S/C45H51ClN6O2S2/c1-45(2)17-13-34(41(27-45)32-3-5-35(46)6-4-32)30-51-19-21-52(22-20-51)37-9-12-40(42(26-37)54-38-25-33-14-18-47-43(33)49-29-38)44(53)50-56-39-10-7-36(8-11-39)48-28-31-15-23-55-24-16-31/h3-12,14,18,25-26,29,31,48H,13,15-17,19-24,27-28,30H2,1-2H3,(H,47,49)(H,50,53). The quantitative estimate of drug-likeness (QED) is 0.108. The van der Waals surface area contributed by atoms with Crippen molar-refractivity contribution in [2.24, 2.45) is 11.3 Å². The second-order valence-corrected chi connectivity index (χ2v) is 18.6. The molecule has 0 spiro atoms. The van der Waals surface area contributed by atoms with E-state index in [0.717, 1.165) is 90.4 Å². The Morgan fingerprint density at radius 1 is 1.00 bits per heavy atom. The van der Waals surface area contributed by atoms with Crippen LogP contribution in [0, 0.1) is 11.3 Å². The predicted molar refractivity (Wildman–Crippen MR) is 236 cm³/mol. The van der Waals surface area contributed by atoms with Gasteiger partial charge in [-0.3, -0.25) is 14.4 Å². The normalized spacial score (nSPS) is 17.9. The highest BCUT2D eigenvalue weighted by molar-refractivity contribution is 7.99. The van der Waals surface area contributed by atoms with Gasteiger partial charge in [0.1, 0.15) is 17.1 Å². The van der Waals surface area contributed by atoms with Crippen LogP contribution < -0.4 is 19.7 Å². The molecular formula is C45H51ClN6O2S2. The van der Waals surface area contributed by atoms with Crippen LogP contribution in [0.2, 0.25) is 5.02 Å². The van der Waals surface area contributed by atoms with Gasteiger partial charge in [-0.2, -0.15) is 11.8 Å². The molecule has 3 aliphatic rings. The third-order valence-corrected chi connectivity index (χ3v) is 13.5. The lowest BCUT2D eigenvalue weighted by Gasteiger charge is -2.39. The van der Waals surface area contributed by atoms with E-state index in [-0.39, 0.29) is 5.91 Å². The lowest BCUT2D eigenvalue weighted by Crippen LogP contribution is -2.47. The summed E-state index contributed by atoms with van der Waals surface area (Å²) in [6.45, 7) is 10.4. The molecule has 11 heteroatoms. The van der Waals surface area contributed by atoms with Crippen molar-refractivity contribution in [3.05, 3.63) is 113 Å². The number of rotatable bonds is 12. The third-order valence-electron chi connectivity index (χ3n) is 11.4. The molecule has 8 nitrogen and oxygen atoms in total. The molecule has 0 saturated carbocycles. The van der Waals surface area contributed by atoms with E-state index in [9.17, 15) is 4.79 Å². The average molecular weight is 808 g/mol. The lowest BCUT2D eigenvalue weighted by atomic mass is 9.72.